The van der Waals surface area contributed by atoms with Gasteiger partial charge in [-0.1, -0.05) is 18.2 Å². The molecule has 29 heavy (non-hydrogen) atoms. The van der Waals surface area contributed by atoms with Crippen LogP contribution in [0.15, 0.2) is 59.0 Å². The monoisotopic (exact) mass is 404 g/mol. The summed E-state index contributed by atoms with van der Waals surface area (Å²) in [6.07, 6.45) is 1.89. The van der Waals surface area contributed by atoms with E-state index in [1.807, 2.05) is 41.1 Å². The van der Waals surface area contributed by atoms with Gasteiger partial charge in [0.05, 0.1) is 19.1 Å². The van der Waals surface area contributed by atoms with E-state index in [9.17, 15) is 9.59 Å². The number of ether oxygens (including phenoxy) is 3. The van der Waals surface area contributed by atoms with Crippen molar-refractivity contribution in [1.29, 1.82) is 0 Å². The van der Waals surface area contributed by atoms with E-state index in [2.05, 4.69) is 0 Å². The summed E-state index contributed by atoms with van der Waals surface area (Å²) in [5.74, 6) is 1.10. The summed E-state index contributed by atoms with van der Waals surface area (Å²) in [5.41, 5.74) is 2.99. The van der Waals surface area contributed by atoms with Crippen LogP contribution in [0.25, 0.3) is 6.08 Å². The number of carbonyl (C=O) groups excluding carboxylic acids is 2. The largest absolute Gasteiger partial charge is 0.496 e. The second kappa shape index (κ2) is 6.90. The number of esters is 1. The van der Waals surface area contributed by atoms with E-state index in [0.29, 0.717) is 22.8 Å². The summed E-state index contributed by atoms with van der Waals surface area (Å²) in [7, 11) is 1.58. The number of ketones is 1. The Balaban J connectivity index is 1.62. The number of thiophene rings is 1. The third-order valence-corrected chi connectivity index (χ3v) is 5.85. The van der Waals surface area contributed by atoms with Gasteiger partial charge in [0.2, 0.25) is 5.78 Å². The standard InChI is InChI=1S/C23H16O5S/c1-26-17-5-3-2-4-13(17)10-19-22(25)15-6-7-18-21(23(15)28-19)16(11-20(24)27-18)14-8-9-29-12-14/h2-10,12,16H,11H2,1H3/b19-10-/t16-/m0/s1. The molecule has 0 fully saturated rings. The molecule has 0 saturated heterocycles. The molecule has 0 bridgehead atoms. The Bertz CT molecular complexity index is 1160. The number of rotatable bonds is 3. The molecule has 0 aliphatic carbocycles. The van der Waals surface area contributed by atoms with Gasteiger partial charge in [-0.3, -0.25) is 9.59 Å². The van der Waals surface area contributed by atoms with Crippen LogP contribution >= 0.6 is 11.3 Å². The molecule has 144 valence electrons. The number of Topliss-reactive ketones (excluding diaryl/α,β-unsaturated/α-hetero) is 1. The fraction of sp³-hybridized carbons (Fsp3) is 0.130. The Morgan fingerprint density at radius 2 is 1.97 bits per heavy atom. The van der Waals surface area contributed by atoms with Crippen LogP contribution in [0.4, 0.5) is 0 Å². The normalized spacial score (nSPS) is 18.8. The Hall–Kier alpha value is -3.38. The van der Waals surface area contributed by atoms with Gasteiger partial charge >= 0.3 is 5.97 Å². The number of methoxy groups -OCH3 is 1. The summed E-state index contributed by atoms with van der Waals surface area (Å²) >= 11 is 1.56. The third kappa shape index (κ3) is 2.93. The Morgan fingerprint density at radius 1 is 1.10 bits per heavy atom. The molecule has 0 saturated carbocycles. The molecule has 5 nitrogen and oxygen atoms in total. The molecule has 5 rings (SSSR count). The van der Waals surface area contributed by atoms with Crippen molar-refractivity contribution in [3.05, 3.63) is 81.2 Å². The van der Waals surface area contributed by atoms with Crippen LogP contribution in [0.5, 0.6) is 17.2 Å². The minimum atomic E-state index is -0.289. The van der Waals surface area contributed by atoms with Crippen molar-refractivity contribution in [3.63, 3.8) is 0 Å². The van der Waals surface area contributed by atoms with Gasteiger partial charge in [-0.15, -0.1) is 0 Å². The van der Waals surface area contributed by atoms with Crippen LogP contribution < -0.4 is 14.2 Å². The molecule has 0 N–H and O–H groups in total. The highest BCUT2D eigenvalue weighted by molar-refractivity contribution is 7.08. The topological polar surface area (TPSA) is 61.8 Å². The summed E-state index contributed by atoms with van der Waals surface area (Å²) in [4.78, 5) is 25.1. The number of para-hydroxylation sites is 1. The second-order valence-electron chi connectivity index (χ2n) is 6.82. The molecule has 2 aliphatic heterocycles. The van der Waals surface area contributed by atoms with Crippen molar-refractivity contribution in [2.45, 2.75) is 12.3 Å². The van der Waals surface area contributed by atoms with Gasteiger partial charge in [-0.25, -0.2) is 0 Å². The van der Waals surface area contributed by atoms with Crippen molar-refractivity contribution < 1.29 is 23.8 Å². The summed E-state index contributed by atoms with van der Waals surface area (Å²) in [5, 5.41) is 3.98. The molecule has 3 aromatic rings. The molecule has 2 aromatic carbocycles. The predicted octanol–water partition coefficient (Wildman–Crippen LogP) is 4.81. The predicted molar refractivity (Wildman–Crippen MR) is 109 cm³/mol. The lowest BCUT2D eigenvalue weighted by Crippen LogP contribution is -2.21. The van der Waals surface area contributed by atoms with Gasteiger partial charge in [0.1, 0.15) is 17.2 Å². The molecule has 6 heteroatoms. The van der Waals surface area contributed by atoms with Crippen LogP contribution in [0.3, 0.4) is 0 Å². The third-order valence-electron chi connectivity index (χ3n) is 5.15. The Morgan fingerprint density at radius 3 is 2.76 bits per heavy atom. The highest BCUT2D eigenvalue weighted by atomic mass is 32.1. The molecular formula is C23H16O5S. The van der Waals surface area contributed by atoms with E-state index in [-0.39, 0.29) is 29.9 Å². The number of hydrogen-bond donors (Lipinski definition) is 0. The van der Waals surface area contributed by atoms with Gasteiger partial charge in [0, 0.05) is 17.0 Å². The molecular weight excluding hydrogens is 388 g/mol. The molecule has 0 amide bonds. The quantitative estimate of drug-likeness (QED) is 0.356. The zero-order valence-corrected chi connectivity index (χ0v) is 16.3. The molecule has 1 aromatic heterocycles. The first kappa shape index (κ1) is 17.7. The highest BCUT2D eigenvalue weighted by Crippen LogP contribution is 2.49. The Labute approximate surface area is 171 Å². The van der Waals surface area contributed by atoms with Gasteiger partial charge in [0.15, 0.2) is 5.76 Å². The van der Waals surface area contributed by atoms with E-state index in [1.54, 1.807) is 36.7 Å². The minimum Gasteiger partial charge on any atom is -0.496 e. The Kier molecular flexibility index (Phi) is 4.21. The van der Waals surface area contributed by atoms with Crippen molar-refractivity contribution in [3.8, 4) is 17.2 Å². The fourth-order valence-electron chi connectivity index (χ4n) is 3.79. The van der Waals surface area contributed by atoms with E-state index in [4.69, 9.17) is 14.2 Å². The van der Waals surface area contributed by atoms with Crippen molar-refractivity contribution in [1.82, 2.24) is 0 Å². The number of hydrogen-bond acceptors (Lipinski definition) is 6. The van der Waals surface area contributed by atoms with Crippen LogP contribution in [-0.4, -0.2) is 18.9 Å². The van der Waals surface area contributed by atoms with Gasteiger partial charge in [-0.05, 0) is 46.7 Å². The smallest absolute Gasteiger partial charge is 0.312 e. The van der Waals surface area contributed by atoms with Crippen molar-refractivity contribution >= 4 is 29.2 Å². The maximum atomic E-state index is 13.0. The summed E-state index contributed by atoms with van der Waals surface area (Å²) < 4.78 is 16.9. The lowest BCUT2D eigenvalue weighted by Gasteiger charge is -2.25. The first-order valence-electron chi connectivity index (χ1n) is 9.12. The lowest BCUT2D eigenvalue weighted by atomic mass is 9.86. The van der Waals surface area contributed by atoms with E-state index in [0.717, 1.165) is 16.7 Å². The zero-order chi connectivity index (χ0) is 20.0. The van der Waals surface area contributed by atoms with Gasteiger partial charge in [-0.2, -0.15) is 11.3 Å². The van der Waals surface area contributed by atoms with Crippen LogP contribution in [0, 0.1) is 0 Å². The lowest BCUT2D eigenvalue weighted by molar-refractivity contribution is -0.135. The molecule has 0 radical (unpaired) electrons. The number of carbonyl (C=O) groups is 2. The maximum absolute atomic E-state index is 13.0. The van der Waals surface area contributed by atoms with Crippen LogP contribution in [0.2, 0.25) is 0 Å². The average molecular weight is 404 g/mol. The number of fused-ring (bicyclic) bond motifs is 3. The van der Waals surface area contributed by atoms with Crippen LogP contribution in [-0.2, 0) is 4.79 Å². The minimum absolute atomic E-state index is 0.199. The first-order chi connectivity index (χ1) is 14.2. The van der Waals surface area contributed by atoms with Crippen LogP contribution in [0.1, 0.15) is 39.4 Å². The average Bonchev–Trinajstić information content (AvgIpc) is 3.37. The fourth-order valence-corrected chi connectivity index (χ4v) is 4.51. The SMILES string of the molecule is COc1ccccc1/C=C1\Oc2c(ccc3c2[C@H](c2ccsc2)CC(=O)O3)C1=O. The first-order valence-corrected chi connectivity index (χ1v) is 10.1. The molecule has 3 heterocycles. The van der Waals surface area contributed by atoms with Crippen molar-refractivity contribution in [2.24, 2.45) is 0 Å². The van der Waals surface area contributed by atoms with Crippen molar-refractivity contribution in [2.75, 3.05) is 7.11 Å². The second-order valence-corrected chi connectivity index (χ2v) is 7.60. The van der Waals surface area contributed by atoms with E-state index >= 15 is 0 Å². The summed E-state index contributed by atoms with van der Waals surface area (Å²) in [6, 6.07) is 12.7. The highest BCUT2D eigenvalue weighted by Gasteiger charge is 2.38. The zero-order valence-electron chi connectivity index (χ0n) is 15.5. The molecule has 2 aliphatic rings. The molecule has 0 spiro atoms. The summed E-state index contributed by atoms with van der Waals surface area (Å²) in [6.45, 7) is 0. The molecule has 0 unspecified atom stereocenters. The van der Waals surface area contributed by atoms with E-state index < -0.39 is 0 Å². The van der Waals surface area contributed by atoms with Gasteiger partial charge in [0.25, 0.3) is 0 Å². The number of allylic oxidation sites excluding steroid dienone is 1. The van der Waals surface area contributed by atoms with E-state index in [1.165, 1.54) is 0 Å². The molecule has 1 atom stereocenters. The van der Waals surface area contributed by atoms with Gasteiger partial charge < -0.3 is 14.2 Å². The number of benzene rings is 2. The maximum Gasteiger partial charge on any atom is 0.312 e.